The summed E-state index contributed by atoms with van der Waals surface area (Å²) in [4.78, 5) is 13.3. The highest BCUT2D eigenvalue weighted by molar-refractivity contribution is 6.07. The van der Waals surface area contributed by atoms with E-state index in [-0.39, 0.29) is 23.1 Å². The fraction of sp³-hybridized carbons (Fsp3) is 0.179. The summed E-state index contributed by atoms with van der Waals surface area (Å²) in [6.45, 7) is -1.47. The van der Waals surface area contributed by atoms with E-state index in [1.165, 1.54) is 42.5 Å². The van der Waals surface area contributed by atoms with Crippen LogP contribution >= 0.6 is 0 Å². The van der Waals surface area contributed by atoms with Gasteiger partial charge in [-0.15, -0.1) is 0 Å². The zero-order chi connectivity index (χ0) is 26.6. The predicted molar refractivity (Wildman–Crippen MR) is 128 cm³/mol. The van der Waals surface area contributed by atoms with E-state index in [2.05, 4.69) is 5.32 Å². The number of fused-ring (bicyclic) bond motifs is 1. The maximum atomic E-state index is 14.3. The minimum atomic E-state index is -4.51. The monoisotopic (exact) mass is 515 g/mol. The summed E-state index contributed by atoms with van der Waals surface area (Å²) in [5.41, 5.74) is 0.978. The van der Waals surface area contributed by atoms with Crippen molar-refractivity contribution in [3.8, 4) is 5.75 Å². The number of ether oxygens (including phenoxy) is 1. The van der Waals surface area contributed by atoms with Crippen molar-refractivity contribution < 1.29 is 36.6 Å². The molecular weight excluding hydrogens is 493 g/mol. The normalized spacial score (nSPS) is 13.2. The van der Waals surface area contributed by atoms with Crippen LogP contribution in [0.4, 0.5) is 22.0 Å². The van der Waals surface area contributed by atoms with Crippen molar-refractivity contribution in [3.63, 3.8) is 0 Å². The number of nitrogens with one attached hydrogen (secondary N) is 1. The van der Waals surface area contributed by atoms with Gasteiger partial charge < -0.3 is 15.2 Å². The summed E-state index contributed by atoms with van der Waals surface area (Å²) in [5.74, 6) is -1.62. The first-order valence-electron chi connectivity index (χ1n) is 11.3. The van der Waals surface area contributed by atoms with Crippen molar-refractivity contribution in [1.29, 1.82) is 0 Å². The fourth-order valence-electron chi connectivity index (χ4n) is 4.02. The van der Waals surface area contributed by atoms with Gasteiger partial charge in [-0.25, -0.2) is 8.78 Å². The third kappa shape index (κ3) is 6.62. The molecule has 0 aliphatic rings. The van der Waals surface area contributed by atoms with Crippen molar-refractivity contribution in [1.82, 2.24) is 5.32 Å². The van der Waals surface area contributed by atoms with E-state index in [1.54, 1.807) is 30.3 Å². The molecule has 37 heavy (non-hydrogen) atoms. The van der Waals surface area contributed by atoms with Crippen LogP contribution in [0.3, 0.4) is 0 Å². The van der Waals surface area contributed by atoms with Crippen molar-refractivity contribution in [2.24, 2.45) is 0 Å². The highest BCUT2D eigenvalue weighted by Crippen LogP contribution is 2.26. The van der Waals surface area contributed by atoms with Gasteiger partial charge in [0, 0.05) is 10.9 Å². The highest BCUT2D eigenvalue weighted by Gasteiger charge is 2.29. The first-order valence-corrected chi connectivity index (χ1v) is 11.3. The quantitative estimate of drug-likeness (QED) is 0.278. The first-order chi connectivity index (χ1) is 17.6. The van der Waals surface area contributed by atoms with Gasteiger partial charge in [0.05, 0.1) is 12.1 Å². The lowest BCUT2D eigenvalue weighted by atomic mass is 9.95. The molecule has 0 aromatic heterocycles. The lowest BCUT2D eigenvalue weighted by Gasteiger charge is -2.25. The minimum Gasteiger partial charge on any atom is -0.484 e. The molecule has 1 amide bonds. The molecule has 0 spiro atoms. The summed E-state index contributed by atoms with van der Waals surface area (Å²) < 4.78 is 70.2. The standard InChI is InChI=1S/C28H22F5NO3/c29-19-10-8-18(9-11-19)26(35)25(15-17-4-3-5-20(14-17)37-16-28(31,32)33)34-27(36)23-12-13-24(30)22-7-2-1-6-21(22)23/h1-14,25-26,35H,15-16H2,(H,34,36). The molecule has 0 saturated heterocycles. The molecule has 2 atom stereocenters. The number of hydrogen-bond acceptors (Lipinski definition) is 3. The SMILES string of the molecule is O=C(NC(Cc1cccc(OCC(F)(F)F)c1)C(O)c1ccc(F)cc1)c1ccc(F)c2ccccc12. The Morgan fingerprint density at radius 2 is 1.59 bits per heavy atom. The Kier molecular flexibility index (Phi) is 7.73. The van der Waals surface area contributed by atoms with Crippen molar-refractivity contribution >= 4 is 16.7 Å². The van der Waals surface area contributed by atoms with Gasteiger partial charge in [0.2, 0.25) is 0 Å². The molecule has 4 aromatic carbocycles. The Balaban J connectivity index is 1.63. The summed E-state index contributed by atoms with van der Waals surface area (Å²) in [5, 5.41) is 14.5. The molecular formula is C28H22F5NO3. The van der Waals surface area contributed by atoms with Crippen LogP contribution in [-0.2, 0) is 6.42 Å². The molecule has 4 aromatic rings. The van der Waals surface area contributed by atoms with Crippen LogP contribution in [0.25, 0.3) is 10.8 Å². The number of benzene rings is 4. The lowest BCUT2D eigenvalue weighted by molar-refractivity contribution is -0.153. The van der Waals surface area contributed by atoms with Gasteiger partial charge in [0.15, 0.2) is 6.61 Å². The van der Waals surface area contributed by atoms with Crippen LogP contribution in [0.15, 0.2) is 84.9 Å². The van der Waals surface area contributed by atoms with Crippen LogP contribution in [0.1, 0.15) is 27.6 Å². The third-order valence-corrected chi connectivity index (χ3v) is 5.78. The van der Waals surface area contributed by atoms with Crippen LogP contribution in [-0.4, -0.2) is 29.8 Å². The average Bonchev–Trinajstić information content (AvgIpc) is 2.87. The van der Waals surface area contributed by atoms with Crippen molar-refractivity contribution in [2.75, 3.05) is 6.61 Å². The average molecular weight is 515 g/mol. The maximum absolute atomic E-state index is 14.3. The number of amides is 1. The number of rotatable bonds is 8. The zero-order valence-corrected chi connectivity index (χ0v) is 19.3. The second kappa shape index (κ2) is 11.0. The minimum absolute atomic E-state index is 0.00658. The van der Waals surface area contributed by atoms with Crippen molar-refractivity contribution in [2.45, 2.75) is 24.7 Å². The van der Waals surface area contributed by atoms with Crippen LogP contribution in [0.2, 0.25) is 0 Å². The molecule has 0 aliphatic heterocycles. The van der Waals surface area contributed by atoms with E-state index in [0.29, 0.717) is 16.5 Å². The van der Waals surface area contributed by atoms with E-state index in [9.17, 15) is 31.9 Å². The summed E-state index contributed by atoms with van der Waals surface area (Å²) in [7, 11) is 0. The Morgan fingerprint density at radius 1 is 0.892 bits per heavy atom. The molecule has 0 saturated carbocycles. The Bertz CT molecular complexity index is 1390. The van der Waals surface area contributed by atoms with E-state index in [4.69, 9.17) is 4.74 Å². The number of alkyl halides is 3. The topological polar surface area (TPSA) is 58.6 Å². The maximum Gasteiger partial charge on any atom is 0.422 e. The molecule has 192 valence electrons. The van der Waals surface area contributed by atoms with E-state index < -0.39 is 42.5 Å². The molecule has 4 nitrogen and oxygen atoms in total. The summed E-state index contributed by atoms with van der Waals surface area (Å²) in [6, 6.07) is 18.9. The van der Waals surface area contributed by atoms with Gasteiger partial charge in [-0.2, -0.15) is 13.2 Å². The van der Waals surface area contributed by atoms with Crippen LogP contribution in [0, 0.1) is 11.6 Å². The number of hydrogen-bond donors (Lipinski definition) is 2. The lowest BCUT2D eigenvalue weighted by Crippen LogP contribution is -2.41. The molecule has 0 heterocycles. The van der Waals surface area contributed by atoms with E-state index in [0.717, 1.165) is 12.1 Å². The van der Waals surface area contributed by atoms with E-state index >= 15 is 0 Å². The largest absolute Gasteiger partial charge is 0.484 e. The third-order valence-electron chi connectivity index (χ3n) is 5.78. The smallest absolute Gasteiger partial charge is 0.422 e. The van der Waals surface area contributed by atoms with E-state index in [1.807, 2.05) is 0 Å². The highest BCUT2D eigenvalue weighted by atomic mass is 19.4. The number of aliphatic hydroxyl groups is 1. The number of halogens is 5. The predicted octanol–water partition coefficient (Wildman–Crippen LogP) is 6.13. The molecule has 4 rings (SSSR count). The second-order valence-electron chi connectivity index (χ2n) is 8.47. The summed E-state index contributed by atoms with van der Waals surface area (Å²) >= 11 is 0. The van der Waals surface area contributed by atoms with Gasteiger partial charge in [-0.1, -0.05) is 48.5 Å². The molecule has 0 aliphatic carbocycles. The van der Waals surface area contributed by atoms with Crippen LogP contribution in [0.5, 0.6) is 5.75 Å². The molecule has 0 fully saturated rings. The fourth-order valence-corrected chi connectivity index (χ4v) is 4.02. The van der Waals surface area contributed by atoms with Gasteiger partial charge in [0.1, 0.15) is 17.4 Å². The first kappa shape index (κ1) is 26.1. The molecule has 2 unspecified atom stereocenters. The Hall–Kier alpha value is -3.98. The molecule has 0 bridgehead atoms. The van der Waals surface area contributed by atoms with Crippen molar-refractivity contribution in [3.05, 3.63) is 113 Å². The zero-order valence-electron chi connectivity index (χ0n) is 19.3. The Morgan fingerprint density at radius 3 is 2.30 bits per heavy atom. The second-order valence-corrected chi connectivity index (χ2v) is 8.47. The number of carbonyl (C=O) groups excluding carboxylic acids is 1. The number of carbonyl (C=O) groups is 1. The van der Waals surface area contributed by atoms with Gasteiger partial charge in [-0.3, -0.25) is 4.79 Å². The van der Waals surface area contributed by atoms with Gasteiger partial charge >= 0.3 is 6.18 Å². The molecule has 2 N–H and O–H groups in total. The van der Waals surface area contributed by atoms with Gasteiger partial charge in [-0.05, 0) is 59.3 Å². The molecule has 9 heteroatoms. The van der Waals surface area contributed by atoms with Crippen LogP contribution < -0.4 is 10.1 Å². The Labute approximate surface area is 209 Å². The van der Waals surface area contributed by atoms with Gasteiger partial charge in [0.25, 0.3) is 5.91 Å². The molecule has 0 radical (unpaired) electrons. The summed E-state index contributed by atoms with van der Waals surface area (Å²) in [6.07, 6.45) is -5.80. The number of aliphatic hydroxyl groups excluding tert-OH is 1.